The highest BCUT2D eigenvalue weighted by Crippen LogP contribution is 2.31. The van der Waals surface area contributed by atoms with Crippen LogP contribution in [0.3, 0.4) is 0 Å². The van der Waals surface area contributed by atoms with E-state index >= 15 is 0 Å². The second-order valence-electron chi connectivity index (χ2n) is 23.5. The summed E-state index contributed by atoms with van der Waals surface area (Å²) in [6.07, 6.45) is -3.05. The van der Waals surface area contributed by atoms with E-state index in [4.69, 9.17) is 42.6 Å². The van der Waals surface area contributed by atoms with Crippen molar-refractivity contribution in [3.05, 3.63) is 119 Å². The van der Waals surface area contributed by atoms with E-state index in [0.29, 0.717) is 49.3 Å². The molecule has 8 heterocycles. The normalized spacial score (nSPS) is 25.3. The molecule has 2 aliphatic carbocycles. The smallest absolute Gasteiger partial charge is 0.336 e. The van der Waals surface area contributed by atoms with Crippen molar-refractivity contribution in [1.29, 1.82) is 0 Å². The van der Waals surface area contributed by atoms with Gasteiger partial charge in [0.15, 0.2) is 0 Å². The van der Waals surface area contributed by atoms with Gasteiger partial charge in [-0.3, -0.25) is 19.2 Å². The maximum atomic E-state index is 14.1. The molecule has 0 bridgehead atoms. The molecule has 10 rings (SSSR count). The summed E-state index contributed by atoms with van der Waals surface area (Å²) in [5, 5.41) is 44.6. The highest BCUT2D eigenvalue weighted by molar-refractivity contribution is 5.83. The monoisotopic (exact) mass is 1260 g/mol. The number of carbonyl (C=O) groups is 4. The van der Waals surface area contributed by atoms with E-state index in [1.807, 2.05) is 0 Å². The molecule has 3 aromatic rings. The highest BCUT2D eigenvalue weighted by Gasteiger charge is 2.43. The fourth-order valence-electron chi connectivity index (χ4n) is 10.5. The third kappa shape index (κ3) is 15.3. The molecule has 0 saturated carbocycles. The SMILES string of the molecule is CC(C)(OC(=O)C1CC=CCC1C(=O)OCC(O)Cn1c(=O)n(CC2CO2)c(=O)n(CC2CO2)c1=O)C(O)Cn1c(=O)n(CC(O)COC(=O)C2CC=CCC2C(=O)OCC(O)Cn2c(=O)n(CC3CO3)c(=O)n(CC3CO3)c2=O)c(=O)n(CC2CO2)c1=O. The molecule has 13 unspecified atom stereocenters. The topological polar surface area (TPSA) is 447 Å². The molecule has 35 heteroatoms. The molecule has 0 spiro atoms. The Kier molecular flexibility index (Phi) is 19.3. The van der Waals surface area contributed by atoms with Crippen molar-refractivity contribution in [1.82, 2.24) is 41.1 Å². The number of aliphatic hydroxyl groups excluding tert-OH is 4. The first kappa shape index (κ1) is 64.2. The minimum atomic E-state index is -1.93. The highest BCUT2D eigenvalue weighted by atomic mass is 16.6. The van der Waals surface area contributed by atoms with Gasteiger partial charge < -0.3 is 63.1 Å². The number of nitrogens with zero attached hydrogens (tertiary/aromatic N) is 9. The van der Waals surface area contributed by atoms with E-state index in [0.717, 1.165) is 18.3 Å². The van der Waals surface area contributed by atoms with Crippen LogP contribution in [0.2, 0.25) is 0 Å². The van der Waals surface area contributed by atoms with Gasteiger partial charge in [-0.1, -0.05) is 24.3 Å². The Labute approximate surface area is 500 Å². The van der Waals surface area contributed by atoms with Gasteiger partial charge in [-0.05, 0) is 39.5 Å². The predicted octanol–water partition coefficient (Wildman–Crippen LogP) is -7.90. The van der Waals surface area contributed by atoms with Crippen LogP contribution in [0.4, 0.5) is 0 Å². The van der Waals surface area contributed by atoms with Crippen molar-refractivity contribution in [3.63, 3.8) is 0 Å². The molecule has 35 nitrogen and oxygen atoms in total. The van der Waals surface area contributed by atoms with Crippen LogP contribution >= 0.6 is 0 Å². The summed E-state index contributed by atoms with van der Waals surface area (Å²) in [6.45, 7) is -2.55. The number of hydrogen-bond acceptors (Lipinski definition) is 26. The zero-order valence-electron chi connectivity index (χ0n) is 48.5. The molecule has 5 aliphatic heterocycles. The number of aromatic nitrogens is 9. The average Bonchev–Trinajstić information content (AvgIpc) is 1.89. The van der Waals surface area contributed by atoms with Gasteiger partial charge in [0.05, 0.1) is 146 Å². The van der Waals surface area contributed by atoms with Gasteiger partial charge in [0, 0.05) is 0 Å². The standard InChI is InChI=1S/C54H69N9O26/c1-54(2,89-44(71)39-10-6-5-9-38(39)43(70)88-22-29(65)12-56-47(74)60(16-33-25-83-33)52(79)61(48(56)75)17-34-26-84-34)40(67)19-63-50(77)57(49(76)62(53(63)80)18-35-27-85-35)13-30(66)21-87-42(69)37-8-4-3-7-36(37)41(68)86-20-28(64)11-55-45(72)58(14-31-23-81-31)51(78)59(46(55)73)15-32-24-82-32/h3-6,28-40,64-67H,7-27H2,1-2H3. The van der Waals surface area contributed by atoms with Crippen LogP contribution in [-0.2, 0) is 121 Å². The molecule has 3 aromatic heterocycles. The fourth-order valence-corrected chi connectivity index (χ4v) is 10.5. The predicted molar refractivity (Wildman–Crippen MR) is 294 cm³/mol. The Morgan fingerprint density at radius 1 is 0.393 bits per heavy atom. The molecule has 5 saturated heterocycles. The van der Waals surface area contributed by atoms with E-state index in [1.54, 1.807) is 24.3 Å². The summed E-state index contributed by atoms with van der Waals surface area (Å²) >= 11 is 0. The first-order valence-corrected chi connectivity index (χ1v) is 29.0. The first-order chi connectivity index (χ1) is 42.4. The van der Waals surface area contributed by atoms with Crippen molar-refractivity contribution in [3.8, 4) is 0 Å². The summed E-state index contributed by atoms with van der Waals surface area (Å²) in [5.74, 6) is -8.79. The third-order valence-electron chi connectivity index (χ3n) is 16.1. The number of esters is 4. The lowest BCUT2D eigenvalue weighted by Gasteiger charge is -2.34. The van der Waals surface area contributed by atoms with Crippen LogP contribution in [0.1, 0.15) is 39.5 Å². The molecule has 5 fully saturated rings. The number of allylic oxidation sites excluding steroid dienone is 4. The number of rotatable bonds is 30. The van der Waals surface area contributed by atoms with Gasteiger partial charge in [0.25, 0.3) is 0 Å². The summed E-state index contributed by atoms with van der Waals surface area (Å²) in [5.41, 5.74) is -11.5. The fraction of sp³-hybridized carbons (Fsp3) is 0.685. The van der Waals surface area contributed by atoms with E-state index < -0.39 is 205 Å². The van der Waals surface area contributed by atoms with E-state index in [9.17, 15) is 82.8 Å². The van der Waals surface area contributed by atoms with Gasteiger partial charge in [-0.15, -0.1) is 0 Å². The number of aliphatic hydroxyl groups is 4. The molecule has 89 heavy (non-hydrogen) atoms. The Hall–Kier alpha value is -7.77. The Balaban J connectivity index is 0.744. The molecule has 486 valence electrons. The number of epoxide rings is 5. The lowest BCUT2D eigenvalue weighted by Crippen LogP contribution is -2.58. The van der Waals surface area contributed by atoms with Crippen LogP contribution in [0, 0.1) is 23.7 Å². The van der Waals surface area contributed by atoms with Crippen LogP contribution < -0.4 is 51.2 Å². The zero-order chi connectivity index (χ0) is 63.7. The molecule has 0 radical (unpaired) electrons. The molecule has 0 aromatic carbocycles. The van der Waals surface area contributed by atoms with E-state index in [-0.39, 0.29) is 65.0 Å². The quantitative estimate of drug-likeness (QED) is 0.0208. The van der Waals surface area contributed by atoms with Crippen molar-refractivity contribution in [2.24, 2.45) is 23.7 Å². The number of carbonyl (C=O) groups excluding carboxylic acids is 4. The average molecular weight is 1260 g/mol. The maximum absolute atomic E-state index is 14.1. The van der Waals surface area contributed by atoms with Gasteiger partial charge in [0.1, 0.15) is 49.8 Å². The van der Waals surface area contributed by atoms with Crippen LogP contribution in [-0.4, -0.2) is 199 Å². The van der Waals surface area contributed by atoms with Gasteiger partial charge in [-0.2, -0.15) is 0 Å². The minimum Gasteiger partial charge on any atom is -0.463 e. The maximum Gasteiger partial charge on any atom is 0.336 e. The zero-order valence-corrected chi connectivity index (χ0v) is 48.5. The van der Waals surface area contributed by atoms with Gasteiger partial charge in [0.2, 0.25) is 0 Å². The summed E-state index contributed by atoms with van der Waals surface area (Å²) in [6, 6.07) is 0. The largest absolute Gasteiger partial charge is 0.463 e. The Morgan fingerprint density at radius 2 is 0.607 bits per heavy atom. The molecular weight excluding hydrogens is 1190 g/mol. The molecular formula is C54H69N9O26. The van der Waals surface area contributed by atoms with E-state index in [2.05, 4.69) is 0 Å². The van der Waals surface area contributed by atoms with Crippen LogP contribution in [0.25, 0.3) is 0 Å². The second-order valence-corrected chi connectivity index (χ2v) is 23.5. The molecule has 13 atom stereocenters. The van der Waals surface area contributed by atoms with Crippen molar-refractivity contribution < 1.29 is 82.2 Å². The van der Waals surface area contributed by atoms with Gasteiger partial charge >= 0.3 is 75.1 Å². The van der Waals surface area contributed by atoms with Crippen molar-refractivity contribution in [2.75, 3.05) is 52.9 Å². The first-order valence-electron chi connectivity index (χ1n) is 29.0. The van der Waals surface area contributed by atoms with Crippen molar-refractivity contribution >= 4 is 23.9 Å². The Bertz CT molecular complexity index is 3740. The minimum absolute atomic E-state index is 0.0300. The lowest BCUT2D eigenvalue weighted by atomic mass is 9.83. The second kappa shape index (κ2) is 26.7. The molecule has 0 amide bonds. The van der Waals surface area contributed by atoms with Crippen molar-refractivity contribution in [2.45, 2.75) is 159 Å². The molecule has 4 N–H and O–H groups in total. The number of hydrogen-bond donors (Lipinski definition) is 4. The summed E-state index contributed by atoms with van der Waals surface area (Å²) in [7, 11) is 0. The Morgan fingerprint density at radius 3 is 0.854 bits per heavy atom. The van der Waals surface area contributed by atoms with Crippen LogP contribution in [0.5, 0.6) is 0 Å². The summed E-state index contributed by atoms with van der Waals surface area (Å²) in [4.78, 5) is 176. The van der Waals surface area contributed by atoms with Crippen LogP contribution in [0.15, 0.2) is 67.5 Å². The molecule has 7 aliphatic rings. The lowest BCUT2D eigenvalue weighted by molar-refractivity contribution is -0.179. The number of ether oxygens (including phenoxy) is 9. The van der Waals surface area contributed by atoms with E-state index in [1.165, 1.54) is 13.8 Å². The van der Waals surface area contributed by atoms with Gasteiger partial charge in [-0.25, -0.2) is 84.3 Å². The summed E-state index contributed by atoms with van der Waals surface area (Å²) < 4.78 is 53.8. The third-order valence-corrected chi connectivity index (χ3v) is 16.1.